The fraction of sp³-hybridized carbons (Fsp3) is 0.474. The van der Waals surface area contributed by atoms with Gasteiger partial charge in [0, 0.05) is 13.1 Å². The van der Waals surface area contributed by atoms with Crippen molar-refractivity contribution in [2.45, 2.75) is 38.8 Å². The highest BCUT2D eigenvalue weighted by Crippen LogP contribution is 2.22. The zero-order valence-corrected chi connectivity index (χ0v) is 15.5. The van der Waals surface area contributed by atoms with Crippen LogP contribution in [0.1, 0.15) is 43.1 Å². The summed E-state index contributed by atoms with van der Waals surface area (Å²) in [5, 5.41) is 6.88. The van der Waals surface area contributed by atoms with Crippen LogP contribution in [0.25, 0.3) is 0 Å². The summed E-state index contributed by atoms with van der Waals surface area (Å²) < 4.78 is 15.7. The van der Waals surface area contributed by atoms with Crippen molar-refractivity contribution in [3.8, 4) is 0 Å². The molecule has 1 unspecified atom stereocenters. The highest BCUT2D eigenvalue weighted by molar-refractivity contribution is 5.97. The predicted octanol–water partition coefficient (Wildman–Crippen LogP) is 2.04. The molecular formula is C19H24FN5O2. The summed E-state index contributed by atoms with van der Waals surface area (Å²) in [5.74, 6) is -1.41. The Morgan fingerprint density at radius 1 is 1.22 bits per heavy atom. The van der Waals surface area contributed by atoms with Crippen molar-refractivity contribution >= 4 is 11.8 Å². The van der Waals surface area contributed by atoms with E-state index in [1.165, 1.54) is 24.5 Å². The maximum absolute atomic E-state index is 13.9. The topological polar surface area (TPSA) is 80.1 Å². The van der Waals surface area contributed by atoms with E-state index in [4.69, 9.17) is 0 Å². The molecule has 144 valence electrons. The Bertz CT molecular complexity index is 785. The van der Waals surface area contributed by atoms with E-state index in [-0.39, 0.29) is 23.4 Å². The maximum atomic E-state index is 13.9. The lowest BCUT2D eigenvalue weighted by atomic mass is 9.99. The zero-order valence-electron chi connectivity index (χ0n) is 15.5. The molecule has 7 nitrogen and oxygen atoms in total. The Balaban J connectivity index is 1.64. The Hall–Kier alpha value is -2.77. The van der Waals surface area contributed by atoms with Crippen LogP contribution in [-0.2, 0) is 4.79 Å². The third kappa shape index (κ3) is 4.32. The van der Waals surface area contributed by atoms with Gasteiger partial charge >= 0.3 is 0 Å². The number of hydrogen-bond donors (Lipinski definition) is 1. The summed E-state index contributed by atoms with van der Waals surface area (Å²) in [5.41, 5.74) is -0.0548. The van der Waals surface area contributed by atoms with Gasteiger partial charge in [-0.05, 0) is 30.9 Å². The van der Waals surface area contributed by atoms with Gasteiger partial charge in [-0.15, -0.1) is 0 Å². The molecule has 3 rings (SSSR count). The van der Waals surface area contributed by atoms with E-state index in [1.807, 2.05) is 18.5 Å². The standard InChI is InChI=1S/C19H24FN5O2/c1-13(2)17(23-18(26)15-5-3-4-6-16(15)20)19(27)24-9-7-14(8-10-24)25-12-21-11-22-25/h3-6,11-14,17H,7-10H2,1-2H3,(H,23,26). The predicted molar refractivity (Wildman–Crippen MR) is 97.4 cm³/mol. The van der Waals surface area contributed by atoms with Gasteiger partial charge in [-0.25, -0.2) is 14.1 Å². The smallest absolute Gasteiger partial charge is 0.254 e. The molecule has 2 heterocycles. The zero-order chi connectivity index (χ0) is 19.4. The van der Waals surface area contributed by atoms with Gasteiger partial charge in [0.25, 0.3) is 5.91 Å². The van der Waals surface area contributed by atoms with Crippen LogP contribution in [0.4, 0.5) is 4.39 Å². The van der Waals surface area contributed by atoms with Crippen LogP contribution >= 0.6 is 0 Å². The third-order valence-electron chi connectivity index (χ3n) is 4.92. The lowest BCUT2D eigenvalue weighted by molar-refractivity contribution is -0.135. The Morgan fingerprint density at radius 2 is 1.93 bits per heavy atom. The fourth-order valence-corrected chi connectivity index (χ4v) is 3.33. The number of hydrogen-bond acceptors (Lipinski definition) is 4. The summed E-state index contributed by atoms with van der Waals surface area (Å²) in [6.45, 7) is 4.91. The van der Waals surface area contributed by atoms with Crippen LogP contribution in [0.5, 0.6) is 0 Å². The number of nitrogens with one attached hydrogen (secondary N) is 1. The quantitative estimate of drug-likeness (QED) is 0.870. The molecule has 0 spiro atoms. The van der Waals surface area contributed by atoms with Gasteiger partial charge in [-0.2, -0.15) is 5.10 Å². The van der Waals surface area contributed by atoms with Crippen LogP contribution in [-0.4, -0.2) is 50.6 Å². The summed E-state index contributed by atoms with van der Waals surface area (Å²) >= 11 is 0. The molecule has 1 N–H and O–H groups in total. The minimum Gasteiger partial charge on any atom is -0.341 e. The molecule has 27 heavy (non-hydrogen) atoms. The molecule has 8 heteroatoms. The number of carbonyl (C=O) groups is 2. The number of aromatic nitrogens is 3. The first-order chi connectivity index (χ1) is 13.0. The number of rotatable bonds is 5. The van der Waals surface area contributed by atoms with Gasteiger partial charge in [0.1, 0.15) is 24.5 Å². The third-order valence-corrected chi connectivity index (χ3v) is 4.92. The Morgan fingerprint density at radius 3 is 2.52 bits per heavy atom. The minimum absolute atomic E-state index is 0.0548. The monoisotopic (exact) mass is 373 g/mol. The lowest BCUT2D eigenvalue weighted by Crippen LogP contribution is -2.53. The normalized spacial score (nSPS) is 16.4. The first-order valence-electron chi connectivity index (χ1n) is 9.15. The number of nitrogens with zero attached hydrogens (tertiary/aromatic N) is 4. The van der Waals surface area contributed by atoms with Crippen LogP contribution in [0.3, 0.4) is 0 Å². The molecule has 1 saturated heterocycles. The molecule has 1 fully saturated rings. The number of piperidine rings is 1. The second-order valence-electron chi connectivity index (χ2n) is 7.11. The Kier molecular flexibility index (Phi) is 5.83. The second kappa shape index (κ2) is 8.28. The van der Waals surface area contributed by atoms with E-state index in [9.17, 15) is 14.0 Å². The average molecular weight is 373 g/mol. The van der Waals surface area contributed by atoms with Crippen molar-refractivity contribution in [3.63, 3.8) is 0 Å². The van der Waals surface area contributed by atoms with Crippen molar-refractivity contribution in [1.29, 1.82) is 0 Å². The van der Waals surface area contributed by atoms with E-state index in [2.05, 4.69) is 15.4 Å². The van der Waals surface area contributed by atoms with Crippen molar-refractivity contribution in [2.24, 2.45) is 5.92 Å². The molecule has 2 aromatic rings. The van der Waals surface area contributed by atoms with Crippen LogP contribution in [0.15, 0.2) is 36.9 Å². The number of carbonyl (C=O) groups excluding carboxylic acids is 2. The second-order valence-corrected chi connectivity index (χ2v) is 7.11. The highest BCUT2D eigenvalue weighted by Gasteiger charge is 2.32. The summed E-state index contributed by atoms with van der Waals surface area (Å²) in [4.78, 5) is 31.1. The molecule has 0 saturated carbocycles. The number of benzene rings is 1. The molecule has 0 bridgehead atoms. The minimum atomic E-state index is -0.694. The number of likely N-dealkylation sites (tertiary alicyclic amines) is 1. The van der Waals surface area contributed by atoms with E-state index in [0.717, 1.165) is 12.8 Å². The SMILES string of the molecule is CC(C)C(NC(=O)c1ccccc1F)C(=O)N1CCC(n2cncn2)CC1. The van der Waals surface area contributed by atoms with Crippen LogP contribution < -0.4 is 5.32 Å². The first-order valence-corrected chi connectivity index (χ1v) is 9.15. The average Bonchev–Trinajstić information content (AvgIpc) is 3.20. The lowest BCUT2D eigenvalue weighted by Gasteiger charge is -2.35. The molecule has 0 aliphatic carbocycles. The van der Waals surface area contributed by atoms with Gasteiger partial charge in [0.05, 0.1) is 11.6 Å². The molecular weight excluding hydrogens is 349 g/mol. The van der Waals surface area contributed by atoms with E-state index >= 15 is 0 Å². The molecule has 1 aromatic carbocycles. The summed E-state index contributed by atoms with van der Waals surface area (Å²) in [6.07, 6.45) is 4.75. The number of amides is 2. The van der Waals surface area contributed by atoms with Crippen molar-refractivity contribution in [1.82, 2.24) is 25.0 Å². The molecule has 1 atom stereocenters. The largest absolute Gasteiger partial charge is 0.341 e. The molecule has 1 aromatic heterocycles. The molecule has 1 aliphatic heterocycles. The summed E-state index contributed by atoms with van der Waals surface area (Å²) in [7, 11) is 0. The van der Waals surface area contributed by atoms with Gasteiger partial charge in [-0.1, -0.05) is 26.0 Å². The van der Waals surface area contributed by atoms with Crippen molar-refractivity contribution in [2.75, 3.05) is 13.1 Å². The molecule has 1 aliphatic rings. The van der Waals surface area contributed by atoms with E-state index < -0.39 is 17.8 Å². The molecule has 2 amide bonds. The summed E-state index contributed by atoms with van der Waals surface area (Å²) in [6, 6.07) is 5.30. The highest BCUT2D eigenvalue weighted by atomic mass is 19.1. The van der Waals surface area contributed by atoms with Crippen molar-refractivity contribution < 1.29 is 14.0 Å². The van der Waals surface area contributed by atoms with E-state index in [0.29, 0.717) is 13.1 Å². The Labute approximate surface area is 157 Å². The van der Waals surface area contributed by atoms with Gasteiger partial charge < -0.3 is 10.2 Å². The van der Waals surface area contributed by atoms with Crippen LogP contribution in [0.2, 0.25) is 0 Å². The van der Waals surface area contributed by atoms with Crippen molar-refractivity contribution in [3.05, 3.63) is 48.3 Å². The van der Waals surface area contributed by atoms with E-state index in [1.54, 1.807) is 17.3 Å². The van der Waals surface area contributed by atoms with Gasteiger partial charge in [0.2, 0.25) is 5.91 Å². The van der Waals surface area contributed by atoms with Crippen LogP contribution in [0, 0.1) is 11.7 Å². The number of halogens is 1. The fourth-order valence-electron chi connectivity index (χ4n) is 3.33. The molecule has 0 radical (unpaired) electrons. The van der Waals surface area contributed by atoms with Gasteiger partial charge in [0.15, 0.2) is 0 Å². The maximum Gasteiger partial charge on any atom is 0.254 e. The first kappa shape index (κ1) is 19.0. The van der Waals surface area contributed by atoms with Gasteiger partial charge in [-0.3, -0.25) is 9.59 Å².